The fraction of sp³-hybridized carbons (Fsp3) is 0.412. The molecule has 1 saturated heterocycles. The maximum atomic E-state index is 12.2. The molecule has 7 heteroatoms. The molecule has 0 saturated carbocycles. The van der Waals surface area contributed by atoms with Crippen LogP contribution in [0.25, 0.3) is 5.69 Å². The van der Waals surface area contributed by atoms with Crippen LogP contribution in [0.1, 0.15) is 12.8 Å². The van der Waals surface area contributed by atoms with E-state index in [4.69, 9.17) is 9.47 Å². The van der Waals surface area contributed by atoms with E-state index in [0.717, 1.165) is 30.0 Å². The van der Waals surface area contributed by atoms with Crippen LogP contribution in [0, 0.1) is 0 Å². The number of hydrogen-bond acceptors (Lipinski definition) is 5. The highest BCUT2D eigenvalue weighted by molar-refractivity contribution is 7.98. The third-order valence-corrected chi connectivity index (χ3v) is 4.51. The van der Waals surface area contributed by atoms with E-state index in [1.54, 1.807) is 10.9 Å². The Morgan fingerprint density at radius 2 is 2.29 bits per heavy atom. The number of hydrogen-bond donors (Lipinski definition) is 1. The average Bonchev–Trinajstić information content (AvgIpc) is 3.25. The summed E-state index contributed by atoms with van der Waals surface area (Å²) in [6, 6.07) is 9.71. The molecule has 1 aromatic carbocycles. The molecule has 0 bridgehead atoms. The topological polar surface area (TPSA) is 65.4 Å². The molecule has 1 N–H and O–H groups in total. The third kappa shape index (κ3) is 4.17. The van der Waals surface area contributed by atoms with Crippen LogP contribution in [-0.4, -0.2) is 47.9 Å². The molecule has 0 spiro atoms. The Labute approximate surface area is 145 Å². The van der Waals surface area contributed by atoms with Crippen molar-refractivity contribution in [2.45, 2.75) is 23.8 Å². The summed E-state index contributed by atoms with van der Waals surface area (Å²) in [6.07, 6.45) is 5.89. The van der Waals surface area contributed by atoms with Crippen LogP contribution in [0.2, 0.25) is 0 Å². The minimum atomic E-state index is -0.194. The molecular weight excluding hydrogens is 326 g/mol. The summed E-state index contributed by atoms with van der Waals surface area (Å²) in [5.41, 5.74) is 0.897. The molecule has 3 rings (SSSR count). The highest BCUT2D eigenvalue weighted by Gasteiger charge is 2.17. The first-order chi connectivity index (χ1) is 11.8. The Bertz CT molecular complexity index is 669. The largest absolute Gasteiger partial charge is 0.376 e. The number of ether oxygens (including phenoxy) is 2. The second kappa shape index (κ2) is 8.32. The maximum absolute atomic E-state index is 12.2. The molecule has 6 nitrogen and oxygen atoms in total. The summed E-state index contributed by atoms with van der Waals surface area (Å²) in [7, 11) is 0. The second-order valence-corrected chi connectivity index (χ2v) is 6.36. The highest BCUT2D eigenvalue weighted by atomic mass is 32.2. The first-order valence-corrected chi connectivity index (χ1v) is 9.17. The van der Waals surface area contributed by atoms with Crippen molar-refractivity contribution in [3.05, 3.63) is 36.5 Å². The summed E-state index contributed by atoms with van der Waals surface area (Å²) in [5, 5.41) is 7.28. The maximum Gasteiger partial charge on any atom is 0.251 e. The molecule has 1 aliphatic heterocycles. The number of nitrogens with zero attached hydrogens (tertiary/aromatic N) is 2. The molecule has 1 fully saturated rings. The van der Waals surface area contributed by atoms with Gasteiger partial charge in [-0.05, 0) is 31.2 Å². The highest BCUT2D eigenvalue weighted by Crippen LogP contribution is 2.27. The zero-order valence-corrected chi connectivity index (χ0v) is 14.4. The van der Waals surface area contributed by atoms with Crippen LogP contribution < -0.4 is 5.32 Å². The lowest BCUT2D eigenvalue weighted by Crippen LogP contribution is -2.23. The van der Waals surface area contributed by atoms with Crippen molar-refractivity contribution < 1.29 is 14.3 Å². The number of anilines is 1. The van der Waals surface area contributed by atoms with Gasteiger partial charge < -0.3 is 14.8 Å². The van der Waals surface area contributed by atoms with Crippen molar-refractivity contribution in [2.24, 2.45) is 0 Å². The van der Waals surface area contributed by atoms with E-state index in [2.05, 4.69) is 10.4 Å². The smallest absolute Gasteiger partial charge is 0.251 e. The molecule has 1 aromatic heterocycles. The molecule has 2 aromatic rings. The van der Waals surface area contributed by atoms with Crippen LogP contribution in [-0.2, 0) is 14.3 Å². The second-order valence-electron chi connectivity index (χ2n) is 5.51. The van der Waals surface area contributed by atoms with Gasteiger partial charge in [0.15, 0.2) is 0 Å². The van der Waals surface area contributed by atoms with Gasteiger partial charge in [-0.2, -0.15) is 5.10 Å². The van der Waals surface area contributed by atoms with E-state index in [-0.39, 0.29) is 18.6 Å². The van der Waals surface area contributed by atoms with Gasteiger partial charge in [-0.1, -0.05) is 18.2 Å². The minimum Gasteiger partial charge on any atom is -0.376 e. The predicted octanol–water partition coefficient (Wildman–Crippen LogP) is 2.73. The van der Waals surface area contributed by atoms with Gasteiger partial charge in [0.1, 0.15) is 12.4 Å². The average molecular weight is 347 g/mol. The number of aromatic nitrogens is 2. The fourth-order valence-electron chi connectivity index (χ4n) is 2.59. The quantitative estimate of drug-likeness (QED) is 0.780. The Morgan fingerprint density at radius 3 is 3.00 bits per heavy atom. The van der Waals surface area contributed by atoms with Crippen LogP contribution in [0.5, 0.6) is 0 Å². The molecule has 1 atom stereocenters. The van der Waals surface area contributed by atoms with Crippen LogP contribution in [0.3, 0.4) is 0 Å². The Morgan fingerprint density at radius 1 is 1.46 bits per heavy atom. The number of benzene rings is 1. The Balaban J connectivity index is 1.63. The minimum absolute atomic E-state index is 0.00759. The van der Waals surface area contributed by atoms with Gasteiger partial charge in [0.2, 0.25) is 0 Å². The van der Waals surface area contributed by atoms with Crippen molar-refractivity contribution in [1.82, 2.24) is 9.78 Å². The normalized spacial score (nSPS) is 17.1. The molecule has 24 heavy (non-hydrogen) atoms. The summed E-state index contributed by atoms with van der Waals surface area (Å²) >= 11 is 1.54. The first-order valence-electron chi connectivity index (χ1n) is 7.94. The molecular formula is C17H21N3O3S. The number of para-hydroxylation sites is 1. The van der Waals surface area contributed by atoms with Gasteiger partial charge in [0.05, 0.1) is 29.5 Å². The lowest BCUT2D eigenvalue weighted by Gasteiger charge is -2.12. The van der Waals surface area contributed by atoms with Gasteiger partial charge in [0.25, 0.3) is 5.91 Å². The van der Waals surface area contributed by atoms with Gasteiger partial charge in [-0.15, -0.1) is 11.8 Å². The summed E-state index contributed by atoms with van der Waals surface area (Å²) in [5.74, 6) is 0.473. The summed E-state index contributed by atoms with van der Waals surface area (Å²) < 4.78 is 12.7. The van der Waals surface area contributed by atoms with Crippen LogP contribution >= 0.6 is 11.8 Å². The Kier molecular flexibility index (Phi) is 5.90. The van der Waals surface area contributed by atoms with Crippen molar-refractivity contribution in [1.29, 1.82) is 0 Å². The number of thioether (sulfide) groups is 1. The first kappa shape index (κ1) is 17.0. The van der Waals surface area contributed by atoms with E-state index in [0.29, 0.717) is 12.4 Å². The third-order valence-electron chi connectivity index (χ3n) is 3.78. The van der Waals surface area contributed by atoms with E-state index >= 15 is 0 Å². The van der Waals surface area contributed by atoms with Crippen molar-refractivity contribution in [3.8, 4) is 5.69 Å². The molecule has 1 aliphatic rings. The lowest BCUT2D eigenvalue weighted by atomic mass is 10.2. The standard InChI is InChI=1S/C17H21N3O3S/c1-24-15-10-18-20(13-6-3-2-4-7-13)17(15)19-16(21)12-22-11-14-8-5-9-23-14/h2-4,6-7,10,14H,5,8-9,11-12H2,1H3,(H,19,21). The fourth-order valence-corrected chi connectivity index (χ4v) is 3.07. The summed E-state index contributed by atoms with van der Waals surface area (Å²) in [6.45, 7) is 1.25. The monoisotopic (exact) mass is 347 g/mol. The number of nitrogens with one attached hydrogen (secondary N) is 1. The number of carbonyl (C=O) groups excluding carboxylic acids is 1. The molecule has 2 heterocycles. The van der Waals surface area contributed by atoms with E-state index < -0.39 is 0 Å². The molecule has 0 aliphatic carbocycles. The van der Waals surface area contributed by atoms with Gasteiger partial charge >= 0.3 is 0 Å². The van der Waals surface area contributed by atoms with Gasteiger partial charge in [-0.25, -0.2) is 4.68 Å². The molecule has 1 unspecified atom stereocenters. The zero-order chi connectivity index (χ0) is 16.8. The van der Waals surface area contributed by atoms with Gasteiger partial charge in [0, 0.05) is 6.61 Å². The zero-order valence-electron chi connectivity index (χ0n) is 13.6. The van der Waals surface area contributed by atoms with Crippen molar-refractivity contribution in [3.63, 3.8) is 0 Å². The van der Waals surface area contributed by atoms with Crippen LogP contribution in [0.15, 0.2) is 41.4 Å². The Hall–Kier alpha value is -1.83. The number of rotatable bonds is 7. The van der Waals surface area contributed by atoms with Crippen molar-refractivity contribution in [2.75, 3.05) is 31.4 Å². The number of carbonyl (C=O) groups is 1. The molecule has 128 valence electrons. The molecule has 1 amide bonds. The van der Waals surface area contributed by atoms with Crippen LogP contribution in [0.4, 0.5) is 5.82 Å². The van der Waals surface area contributed by atoms with Gasteiger partial charge in [-0.3, -0.25) is 4.79 Å². The SMILES string of the molecule is CSc1cnn(-c2ccccc2)c1NC(=O)COCC1CCCO1. The molecule has 0 radical (unpaired) electrons. The van der Waals surface area contributed by atoms with E-state index in [1.807, 2.05) is 36.6 Å². The lowest BCUT2D eigenvalue weighted by molar-refractivity contribution is -0.121. The van der Waals surface area contributed by atoms with Crippen molar-refractivity contribution >= 4 is 23.5 Å². The number of amides is 1. The predicted molar refractivity (Wildman–Crippen MR) is 93.8 cm³/mol. The summed E-state index contributed by atoms with van der Waals surface area (Å²) in [4.78, 5) is 13.1. The van der Waals surface area contributed by atoms with E-state index in [9.17, 15) is 4.79 Å². The van der Waals surface area contributed by atoms with E-state index in [1.165, 1.54) is 11.8 Å².